The van der Waals surface area contributed by atoms with Crippen LogP contribution in [0.2, 0.25) is 5.02 Å². The minimum absolute atomic E-state index is 0.138. The standard InChI is InChI=1S/C30H35ClN2O4/c1-23(2)36-19-9-18-32-30(35)28(20-24-10-5-3-6-11-24)33(21-25-14-16-26(31)17-15-25)29(34)22-37-27-12-7-4-8-13-27/h3-8,10-17,23,28H,9,18-22H2,1-2H3,(H,32,35)/t28-/m1/s1. The maximum Gasteiger partial charge on any atom is 0.261 e. The second kappa shape index (κ2) is 15.0. The molecule has 3 aromatic rings. The van der Waals surface area contributed by atoms with Crippen LogP contribution in [0.25, 0.3) is 0 Å². The lowest BCUT2D eigenvalue weighted by molar-refractivity contribution is -0.142. The summed E-state index contributed by atoms with van der Waals surface area (Å²) in [7, 11) is 0. The van der Waals surface area contributed by atoms with E-state index in [4.69, 9.17) is 21.1 Å². The quantitative estimate of drug-likeness (QED) is 0.292. The monoisotopic (exact) mass is 522 g/mol. The molecule has 6 nitrogen and oxygen atoms in total. The molecule has 0 radical (unpaired) electrons. The molecule has 3 rings (SSSR count). The molecule has 0 fully saturated rings. The predicted molar refractivity (Wildman–Crippen MR) is 147 cm³/mol. The number of amides is 2. The van der Waals surface area contributed by atoms with Crippen LogP contribution in [0.1, 0.15) is 31.4 Å². The number of carbonyl (C=O) groups is 2. The smallest absolute Gasteiger partial charge is 0.261 e. The van der Waals surface area contributed by atoms with Gasteiger partial charge in [0.05, 0.1) is 6.10 Å². The minimum Gasteiger partial charge on any atom is -0.484 e. The molecule has 0 aliphatic rings. The van der Waals surface area contributed by atoms with E-state index in [1.165, 1.54) is 0 Å². The zero-order chi connectivity index (χ0) is 26.5. The normalized spacial score (nSPS) is 11.7. The first-order valence-electron chi connectivity index (χ1n) is 12.6. The lowest BCUT2D eigenvalue weighted by Crippen LogP contribution is -2.52. The number of hydrogen-bond acceptors (Lipinski definition) is 4. The highest BCUT2D eigenvalue weighted by atomic mass is 35.5. The van der Waals surface area contributed by atoms with Crippen LogP contribution in [0.4, 0.5) is 0 Å². The minimum atomic E-state index is -0.726. The molecular formula is C30H35ClN2O4. The van der Waals surface area contributed by atoms with Crippen LogP contribution in [0, 0.1) is 0 Å². The zero-order valence-electron chi connectivity index (χ0n) is 21.4. The van der Waals surface area contributed by atoms with Gasteiger partial charge in [-0.05, 0) is 55.7 Å². The van der Waals surface area contributed by atoms with Crippen molar-refractivity contribution >= 4 is 23.4 Å². The van der Waals surface area contributed by atoms with Crippen LogP contribution in [0.3, 0.4) is 0 Å². The Labute approximate surface area is 224 Å². The fourth-order valence-corrected chi connectivity index (χ4v) is 3.93. The SMILES string of the molecule is CC(C)OCCCNC(=O)[C@@H](Cc1ccccc1)N(Cc1ccc(Cl)cc1)C(=O)COc1ccccc1. The number of nitrogens with zero attached hydrogens (tertiary/aromatic N) is 1. The van der Waals surface area contributed by atoms with E-state index in [1.807, 2.05) is 74.5 Å². The number of carbonyl (C=O) groups excluding carboxylic acids is 2. The summed E-state index contributed by atoms with van der Waals surface area (Å²) in [6, 6.07) is 25.4. The van der Waals surface area contributed by atoms with Gasteiger partial charge in [-0.25, -0.2) is 0 Å². The predicted octanol–water partition coefficient (Wildman–Crippen LogP) is 5.29. The first-order chi connectivity index (χ1) is 17.9. The zero-order valence-corrected chi connectivity index (χ0v) is 22.2. The molecule has 3 aromatic carbocycles. The van der Waals surface area contributed by atoms with Crippen LogP contribution in [0.5, 0.6) is 5.75 Å². The van der Waals surface area contributed by atoms with E-state index in [1.54, 1.807) is 29.2 Å². The van der Waals surface area contributed by atoms with Crippen molar-refractivity contribution in [2.75, 3.05) is 19.8 Å². The van der Waals surface area contributed by atoms with E-state index in [2.05, 4.69) is 5.32 Å². The largest absolute Gasteiger partial charge is 0.484 e. The van der Waals surface area contributed by atoms with Crippen LogP contribution in [-0.4, -0.2) is 48.6 Å². The number of rotatable bonds is 14. The number of hydrogen-bond donors (Lipinski definition) is 1. The highest BCUT2D eigenvalue weighted by Crippen LogP contribution is 2.18. The van der Waals surface area contributed by atoms with Crippen LogP contribution in [-0.2, 0) is 27.3 Å². The second-order valence-electron chi connectivity index (χ2n) is 9.02. The summed E-state index contributed by atoms with van der Waals surface area (Å²) in [6.07, 6.45) is 1.20. The molecule has 196 valence electrons. The molecule has 2 amide bonds. The Bertz CT molecular complexity index is 1090. The summed E-state index contributed by atoms with van der Waals surface area (Å²) in [5.41, 5.74) is 1.83. The Kier molecular flexibility index (Phi) is 11.5. The van der Waals surface area contributed by atoms with E-state index < -0.39 is 6.04 Å². The lowest BCUT2D eigenvalue weighted by Gasteiger charge is -2.31. The van der Waals surface area contributed by atoms with Gasteiger partial charge in [0.2, 0.25) is 5.91 Å². The summed E-state index contributed by atoms with van der Waals surface area (Å²) in [6.45, 7) is 5.03. The maximum atomic E-state index is 13.6. The second-order valence-corrected chi connectivity index (χ2v) is 9.46. The van der Waals surface area contributed by atoms with Crippen LogP contribution >= 0.6 is 11.6 Å². The number of nitrogens with one attached hydrogen (secondary N) is 1. The van der Waals surface area contributed by atoms with Gasteiger partial charge in [0.1, 0.15) is 11.8 Å². The Balaban J connectivity index is 1.81. The van der Waals surface area contributed by atoms with Crippen molar-refractivity contribution < 1.29 is 19.1 Å². The van der Waals surface area contributed by atoms with Crippen molar-refractivity contribution in [3.8, 4) is 5.75 Å². The van der Waals surface area contributed by atoms with E-state index in [0.29, 0.717) is 36.8 Å². The van der Waals surface area contributed by atoms with Gasteiger partial charge in [-0.15, -0.1) is 0 Å². The van der Waals surface area contributed by atoms with Gasteiger partial charge < -0.3 is 19.7 Å². The summed E-state index contributed by atoms with van der Waals surface area (Å²) in [5.74, 6) is 0.102. The molecule has 0 aromatic heterocycles. The number of para-hydroxylation sites is 1. The Morgan fingerprint density at radius 3 is 2.19 bits per heavy atom. The van der Waals surface area contributed by atoms with Crippen molar-refractivity contribution in [1.82, 2.24) is 10.2 Å². The van der Waals surface area contributed by atoms with E-state index in [-0.39, 0.29) is 31.1 Å². The molecule has 0 unspecified atom stereocenters. The summed E-state index contributed by atoms with van der Waals surface area (Å²) in [4.78, 5) is 28.6. The lowest BCUT2D eigenvalue weighted by atomic mass is 10.0. The summed E-state index contributed by atoms with van der Waals surface area (Å²) in [5, 5.41) is 3.61. The first kappa shape index (κ1) is 28.2. The molecule has 0 heterocycles. The fourth-order valence-electron chi connectivity index (χ4n) is 3.81. The Morgan fingerprint density at radius 1 is 0.892 bits per heavy atom. The average Bonchev–Trinajstić information content (AvgIpc) is 2.91. The van der Waals surface area contributed by atoms with Gasteiger partial charge in [0.25, 0.3) is 5.91 Å². The Morgan fingerprint density at radius 2 is 1.54 bits per heavy atom. The molecule has 0 aliphatic heterocycles. The highest BCUT2D eigenvalue weighted by Gasteiger charge is 2.30. The third kappa shape index (κ3) is 9.90. The molecule has 0 bridgehead atoms. The summed E-state index contributed by atoms with van der Waals surface area (Å²) >= 11 is 6.08. The van der Waals surface area contributed by atoms with Crippen molar-refractivity contribution in [3.05, 3.63) is 101 Å². The molecule has 0 spiro atoms. The van der Waals surface area contributed by atoms with Gasteiger partial charge in [-0.2, -0.15) is 0 Å². The Hall–Kier alpha value is -3.35. The van der Waals surface area contributed by atoms with E-state index in [0.717, 1.165) is 11.1 Å². The number of halogens is 1. The molecule has 1 atom stereocenters. The molecule has 0 saturated heterocycles. The summed E-state index contributed by atoms with van der Waals surface area (Å²) < 4.78 is 11.3. The van der Waals surface area contributed by atoms with Gasteiger partial charge >= 0.3 is 0 Å². The van der Waals surface area contributed by atoms with E-state index >= 15 is 0 Å². The van der Waals surface area contributed by atoms with Gasteiger partial charge in [-0.3, -0.25) is 9.59 Å². The molecule has 1 N–H and O–H groups in total. The van der Waals surface area contributed by atoms with E-state index in [9.17, 15) is 9.59 Å². The highest BCUT2D eigenvalue weighted by molar-refractivity contribution is 6.30. The topological polar surface area (TPSA) is 67.9 Å². The average molecular weight is 523 g/mol. The number of ether oxygens (including phenoxy) is 2. The van der Waals surface area contributed by atoms with Crippen molar-refractivity contribution in [3.63, 3.8) is 0 Å². The third-order valence-corrected chi connectivity index (χ3v) is 5.97. The molecular weight excluding hydrogens is 488 g/mol. The van der Waals surface area contributed by atoms with Crippen LogP contribution in [0.15, 0.2) is 84.9 Å². The number of benzene rings is 3. The fraction of sp³-hybridized carbons (Fsp3) is 0.333. The maximum absolute atomic E-state index is 13.6. The van der Waals surface area contributed by atoms with Crippen molar-refractivity contribution in [1.29, 1.82) is 0 Å². The third-order valence-electron chi connectivity index (χ3n) is 5.71. The first-order valence-corrected chi connectivity index (χ1v) is 12.9. The molecule has 0 saturated carbocycles. The van der Waals surface area contributed by atoms with Gasteiger partial charge in [0, 0.05) is 31.1 Å². The van der Waals surface area contributed by atoms with Gasteiger partial charge in [0.15, 0.2) is 6.61 Å². The van der Waals surface area contributed by atoms with Crippen molar-refractivity contribution in [2.45, 2.75) is 45.4 Å². The molecule has 7 heteroatoms. The molecule has 37 heavy (non-hydrogen) atoms. The van der Waals surface area contributed by atoms with Crippen molar-refractivity contribution in [2.24, 2.45) is 0 Å². The van der Waals surface area contributed by atoms with Crippen LogP contribution < -0.4 is 10.1 Å². The molecule has 0 aliphatic carbocycles. The van der Waals surface area contributed by atoms with Gasteiger partial charge in [-0.1, -0.05) is 72.3 Å².